The molecule has 0 unspecified atom stereocenters. The molecule has 1 saturated carbocycles. The first-order valence-electron chi connectivity index (χ1n) is 8.31. The van der Waals surface area contributed by atoms with Crippen molar-refractivity contribution in [3.8, 4) is 11.5 Å². The van der Waals surface area contributed by atoms with E-state index in [0.717, 1.165) is 25.7 Å². The zero-order chi connectivity index (χ0) is 17.8. The number of carbonyl (C=O) groups is 2. The number of hydrogen-bond donors (Lipinski definition) is 1. The van der Waals surface area contributed by atoms with Crippen LogP contribution >= 0.6 is 11.6 Å². The SMILES string of the molecule is C[C@@H](OC(=O)/C=C/c1cc(Cl)c2c(c1)OCO2)C(=O)NC1CCCC1. The number of carbonyl (C=O) groups excluding carboxylic acids is 2. The minimum atomic E-state index is -0.835. The van der Waals surface area contributed by atoms with Crippen LogP contribution in [0.2, 0.25) is 5.02 Å². The van der Waals surface area contributed by atoms with Gasteiger partial charge in [-0.2, -0.15) is 0 Å². The Bertz CT molecular complexity index is 697. The monoisotopic (exact) mass is 365 g/mol. The number of ether oxygens (including phenoxy) is 3. The molecule has 1 heterocycles. The number of halogens is 1. The molecule has 7 heteroatoms. The lowest BCUT2D eigenvalue weighted by atomic mass is 10.2. The topological polar surface area (TPSA) is 73.9 Å². The van der Waals surface area contributed by atoms with Crippen LogP contribution in [0.1, 0.15) is 38.2 Å². The van der Waals surface area contributed by atoms with Gasteiger partial charge in [-0.25, -0.2) is 4.79 Å². The van der Waals surface area contributed by atoms with E-state index in [4.69, 9.17) is 25.8 Å². The zero-order valence-electron chi connectivity index (χ0n) is 13.9. The van der Waals surface area contributed by atoms with Crippen LogP contribution in [0.25, 0.3) is 6.08 Å². The molecule has 1 aromatic carbocycles. The Balaban J connectivity index is 1.54. The third-order valence-electron chi connectivity index (χ3n) is 4.23. The smallest absolute Gasteiger partial charge is 0.331 e. The van der Waals surface area contributed by atoms with Crippen LogP contribution in [-0.2, 0) is 14.3 Å². The van der Waals surface area contributed by atoms with Crippen molar-refractivity contribution in [2.45, 2.75) is 44.8 Å². The Hall–Kier alpha value is -2.21. The van der Waals surface area contributed by atoms with Gasteiger partial charge >= 0.3 is 5.97 Å². The second-order valence-electron chi connectivity index (χ2n) is 6.14. The van der Waals surface area contributed by atoms with Gasteiger partial charge in [-0.15, -0.1) is 0 Å². The van der Waals surface area contributed by atoms with Crippen LogP contribution in [0, 0.1) is 0 Å². The van der Waals surface area contributed by atoms with E-state index in [2.05, 4.69) is 5.32 Å². The molecule has 134 valence electrons. The van der Waals surface area contributed by atoms with E-state index < -0.39 is 12.1 Å². The Morgan fingerprint density at radius 3 is 2.84 bits per heavy atom. The lowest BCUT2D eigenvalue weighted by Gasteiger charge is -2.16. The summed E-state index contributed by atoms with van der Waals surface area (Å²) in [5.74, 6) is 0.172. The lowest BCUT2D eigenvalue weighted by molar-refractivity contribution is -0.150. The summed E-state index contributed by atoms with van der Waals surface area (Å²) in [6.07, 6.45) is 6.19. The minimum Gasteiger partial charge on any atom is -0.454 e. The van der Waals surface area contributed by atoms with Crippen molar-refractivity contribution in [3.05, 3.63) is 28.8 Å². The number of amides is 1. The van der Waals surface area contributed by atoms with Crippen molar-refractivity contribution in [1.29, 1.82) is 0 Å². The van der Waals surface area contributed by atoms with Crippen LogP contribution in [-0.4, -0.2) is 30.8 Å². The first kappa shape index (κ1) is 17.6. The summed E-state index contributed by atoms with van der Waals surface area (Å²) < 4.78 is 15.6. The van der Waals surface area contributed by atoms with Gasteiger partial charge < -0.3 is 19.5 Å². The predicted octanol–water partition coefficient (Wildman–Crippen LogP) is 3.07. The molecule has 1 aliphatic heterocycles. The Morgan fingerprint density at radius 1 is 1.32 bits per heavy atom. The van der Waals surface area contributed by atoms with Crippen LogP contribution in [0.15, 0.2) is 18.2 Å². The summed E-state index contributed by atoms with van der Waals surface area (Å²) in [6.45, 7) is 1.69. The van der Waals surface area contributed by atoms with E-state index in [1.807, 2.05) is 0 Å². The number of rotatable bonds is 5. The molecule has 1 atom stereocenters. The molecule has 1 amide bonds. The number of hydrogen-bond acceptors (Lipinski definition) is 5. The first-order valence-corrected chi connectivity index (χ1v) is 8.69. The molecule has 0 radical (unpaired) electrons. The summed E-state index contributed by atoms with van der Waals surface area (Å²) in [7, 11) is 0. The fourth-order valence-corrected chi connectivity index (χ4v) is 3.18. The van der Waals surface area contributed by atoms with Crippen LogP contribution in [0.5, 0.6) is 11.5 Å². The van der Waals surface area contributed by atoms with Gasteiger partial charge in [0.15, 0.2) is 17.6 Å². The highest BCUT2D eigenvalue weighted by atomic mass is 35.5. The van der Waals surface area contributed by atoms with Gasteiger partial charge in [0, 0.05) is 12.1 Å². The fourth-order valence-electron chi connectivity index (χ4n) is 2.90. The summed E-state index contributed by atoms with van der Waals surface area (Å²) in [5, 5.41) is 3.31. The van der Waals surface area contributed by atoms with Gasteiger partial charge in [-0.3, -0.25) is 4.79 Å². The van der Waals surface area contributed by atoms with E-state index in [-0.39, 0.29) is 18.7 Å². The average molecular weight is 366 g/mol. The van der Waals surface area contributed by atoms with Crippen molar-refractivity contribution in [1.82, 2.24) is 5.32 Å². The maximum absolute atomic E-state index is 12.0. The summed E-state index contributed by atoms with van der Waals surface area (Å²) in [6, 6.07) is 3.57. The van der Waals surface area contributed by atoms with Gasteiger partial charge in [0.1, 0.15) is 0 Å². The van der Waals surface area contributed by atoms with E-state index >= 15 is 0 Å². The van der Waals surface area contributed by atoms with Crippen molar-refractivity contribution in [2.75, 3.05) is 6.79 Å². The van der Waals surface area contributed by atoms with Gasteiger partial charge in [-0.05, 0) is 43.5 Å². The molecule has 6 nitrogen and oxygen atoms in total. The summed E-state index contributed by atoms with van der Waals surface area (Å²) in [5.41, 5.74) is 0.675. The molecule has 1 N–H and O–H groups in total. The second-order valence-corrected chi connectivity index (χ2v) is 6.55. The fraction of sp³-hybridized carbons (Fsp3) is 0.444. The molecule has 3 rings (SSSR count). The summed E-state index contributed by atoms with van der Waals surface area (Å²) >= 11 is 6.09. The van der Waals surface area contributed by atoms with E-state index in [1.165, 1.54) is 6.08 Å². The van der Waals surface area contributed by atoms with E-state index in [9.17, 15) is 9.59 Å². The minimum absolute atomic E-state index is 0.123. The molecular formula is C18H20ClNO5. The molecule has 1 aliphatic carbocycles. The Labute approximate surface area is 151 Å². The third kappa shape index (κ3) is 4.45. The average Bonchev–Trinajstić information content (AvgIpc) is 3.24. The van der Waals surface area contributed by atoms with Crippen molar-refractivity contribution in [3.63, 3.8) is 0 Å². The normalized spacial score (nSPS) is 17.7. The van der Waals surface area contributed by atoms with Gasteiger partial charge in [0.2, 0.25) is 6.79 Å². The number of nitrogens with one attached hydrogen (secondary N) is 1. The second kappa shape index (κ2) is 7.78. The highest BCUT2D eigenvalue weighted by molar-refractivity contribution is 6.32. The van der Waals surface area contributed by atoms with Crippen LogP contribution in [0.3, 0.4) is 0 Å². The largest absolute Gasteiger partial charge is 0.454 e. The van der Waals surface area contributed by atoms with Crippen molar-refractivity contribution < 1.29 is 23.8 Å². The molecular weight excluding hydrogens is 346 g/mol. The highest BCUT2D eigenvalue weighted by Crippen LogP contribution is 2.40. The highest BCUT2D eigenvalue weighted by Gasteiger charge is 2.22. The lowest BCUT2D eigenvalue weighted by Crippen LogP contribution is -2.40. The number of esters is 1. The first-order chi connectivity index (χ1) is 12.0. The van der Waals surface area contributed by atoms with Crippen molar-refractivity contribution >= 4 is 29.6 Å². The predicted molar refractivity (Wildman–Crippen MR) is 92.6 cm³/mol. The zero-order valence-corrected chi connectivity index (χ0v) is 14.7. The molecule has 0 bridgehead atoms. The molecule has 1 aromatic rings. The number of fused-ring (bicyclic) bond motifs is 1. The van der Waals surface area contributed by atoms with Gasteiger partial charge in [0.25, 0.3) is 5.91 Å². The molecule has 0 aromatic heterocycles. The van der Waals surface area contributed by atoms with Crippen LogP contribution in [0.4, 0.5) is 0 Å². The van der Waals surface area contributed by atoms with Crippen molar-refractivity contribution in [2.24, 2.45) is 0 Å². The Morgan fingerprint density at radius 2 is 2.08 bits per heavy atom. The molecule has 1 fully saturated rings. The van der Waals surface area contributed by atoms with Gasteiger partial charge in [-0.1, -0.05) is 24.4 Å². The molecule has 0 spiro atoms. The van der Waals surface area contributed by atoms with E-state index in [1.54, 1.807) is 25.1 Å². The van der Waals surface area contributed by atoms with E-state index in [0.29, 0.717) is 22.1 Å². The van der Waals surface area contributed by atoms with Gasteiger partial charge in [0.05, 0.1) is 5.02 Å². The maximum Gasteiger partial charge on any atom is 0.331 e. The summed E-state index contributed by atoms with van der Waals surface area (Å²) in [4.78, 5) is 23.9. The molecule has 25 heavy (non-hydrogen) atoms. The Kier molecular flexibility index (Phi) is 5.48. The quantitative estimate of drug-likeness (QED) is 0.641. The maximum atomic E-state index is 12.0. The molecule has 2 aliphatic rings. The third-order valence-corrected chi connectivity index (χ3v) is 4.51. The molecule has 0 saturated heterocycles. The van der Waals surface area contributed by atoms with Crippen LogP contribution < -0.4 is 14.8 Å². The number of benzene rings is 1. The standard InChI is InChI=1S/C18H20ClNO5/c1-11(18(22)20-13-4-2-3-5-13)25-16(21)7-6-12-8-14(19)17-15(9-12)23-10-24-17/h6-9,11,13H,2-5,10H2,1H3,(H,20,22)/b7-6+/t11-/m1/s1.